The minimum absolute atomic E-state index is 0.396. The number of nitrogens with one attached hydrogen (secondary N) is 1. The number of rotatable bonds is 7. The van der Waals surface area contributed by atoms with Gasteiger partial charge in [-0.2, -0.15) is 0 Å². The highest BCUT2D eigenvalue weighted by molar-refractivity contribution is 6.30. The Kier molecular flexibility index (Phi) is 5.49. The molecule has 1 atom stereocenters. The SMILES string of the molecule is CCCNC(Cc1ccc(Cl)cc1)Cc1ccco1. The van der Waals surface area contributed by atoms with Crippen molar-refractivity contribution in [1.29, 1.82) is 0 Å². The molecule has 3 heteroatoms. The zero-order valence-electron chi connectivity index (χ0n) is 11.2. The van der Waals surface area contributed by atoms with Crippen LogP contribution in [0.15, 0.2) is 47.1 Å². The molecular formula is C16H20ClNO. The van der Waals surface area contributed by atoms with E-state index in [1.54, 1.807) is 6.26 Å². The number of furan rings is 1. The minimum atomic E-state index is 0.396. The number of benzene rings is 1. The Morgan fingerprint density at radius 2 is 1.95 bits per heavy atom. The second kappa shape index (κ2) is 7.37. The maximum absolute atomic E-state index is 5.92. The van der Waals surface area contributed by atoms with Crippen LogP contribution in [0.1, 0.15) is 24.7 Å². The molecule has 0 bridgehead atoms. The van der Waals surface area contributed by atoms with Crippen LogP contribution in [0.3, 0.4) is 0 Å². The molecule has 0 fully saturated rings. The van der Waals surface area contributed by atoms with Gasteiger partial charge in [0, 0.05) is 17.5 Å². The van der Waals surface area contributed by atoms with Crippen molar-refractivity contribution >= 4 is 11.6 Å². The average Bonchev–Trinajstić information content (AvgIpc) is 2.91. The summed E-state index contributed by atoms with van der Waals surface area (Å²) in [5.41, 5.74) is 1.30. The lowest BCUT2D eigenvalue weighted by Gasteiger charge is -2.17. The lowest BCUT2D eigenvalue weighted by Crippen LogP contribution is -2.33. The molecule has 0 saturated carbocycles. The maximum Gasteiger partial charge on any atom is 0.105 e. The lowest BCUT2D eigenvalue weighted by molar-refractivity contribution is 0.438. The number of halogens is 1. The van der Waals surface area contributed by atoms with Crippen LogP contribution in [0, 0.1) is 0 Å². The van der Waals surface area contributed by atoms with Crippen molar-refractivity contribution in [1.82, 2.24) is 5.32 Å². The minimum Gasteiger partial charge on any atom is -0.469 e. The van der Waals surface area contributed by atoms with Crippen LogP contribution in [0.25, 0.3) is 0 Å². The third kappa shape index (κ3) is 4.73. The highest BCUT2D eigenvalue weighted by Gasteiger charge is 2.11. The van der Waals surface area contributed by atoms with Gasteiger partial charge in [-0.05, 0) is 49.2 Å². The van der Waals surface area contributed by atoms with Gasteiger partial charge in [0.15, 0.2) is 0 Å². The van der Waals surface area contributed by atoms with Gasteiger partial charge in [0.25, 0.3) is 0 Å². The number of hydrogen-bond acceptors (Lipinski definition) is 2. The first kappa shape index (κ1) is 14.2. The van der Waals surface area contributed by atoms with Gasteiger partial charge >= 0.3 is 0 Å². The van der Waals surface area contributed by atoms with Crippen molar-refractivity contribution in [3.63, 3.8) is 0 Å². The Hall–Kier alpha value is -1.25. The largest absolute Gasteiger partial charge is 0.469 e. The van der Waals surface area contributed by atoms with E-state index in [-0.39, 0.29) is 0 Å². The van der Waals surface area contributed by atoms with Crippen molar-refractivity contribution in [3.05, 3.63) is 59.0 Å². The molecule has 0 radical (unpaired) electrons. The van der Waals surface area contributed by atoms with Crippen LogP contribution in [-0.2, 0) is 12.8 Å². The smallest absolute Gasteiger partial charge is 0.105 e. The van der Waals surface area contributed by atoms with Gasteiger partial charge in [0.1, 0.15) is 5.76 Å². The molecule has 1 unspecified atom stereocenters. The molecule has 1 aromatic heterocycles. The van der Waals surface area contributed by atoms with E-state index in [1.165, 1.54) is 5.56 Å². The average molecular weight is 278 g/mol. The quantitative estimate of drug-likeness (QED) is 0.825. The van der Waals surface area contributed by atoms with Crippen LogP contribution >= 0.6 is 11.6 Å². The molecule has 1 N–H and O–H groups in total. The Labute approximate surface area is 119 Å². The van der Waals surface area contributed by atoms with Crippen molar-refractivity contribution in [2.24, 2.45) is 0 Å². The number of hydrogen-bond donors (Lipinski definition) is 1. The summed E-state index contributed by atoms with van der Waals surface area (Å²) in [5.74, 6) is 1.03. The normalized spacial score (nSPS) is 12.5. The Morgan fingerprint density at radius 1 is 1.16 bits per heavy atom. The molecule has 0 spiro atoms. The van der Waals surface area contributed by atoms with E-state index in [4.69, 9.17) is 16.0 Å². The van der Waals surface area contributed by atoms with Crippen molar-refractivity contribution in [3.8, 4) is 0 Å². The van der Waals surface area contributed by atoms with E-state index >= 15 is 0 Å². The van der Waals surface area contributed by atoms with E-state index in [0.29, 0.717) is 6.04 Å². The van der Waals surface area contributed by atoms with Crippen LogP contribution < -0.4 is 5.32 Å². The first-order chi connectivity index (χ1) is 9.28. The summed E-state index contributed by atoms with van der Waals surface area (Å²) < 4.78 is 5.44. The molecule has 0 amide bonds. The molecule has 0 aliphatic heterocycles. The molecule has 0 aliphatic rings. The molecule has 1 heterocycles. The molecule has 2 aromatic rings. The summed E-state index contributed by atoms with van der Waals surface area (Å²) >= 11 is 5.92. The van der Waals surface area contributed by atoms with Gasteiger partial charge in [-0.25, -0.2) is 0 Å². The predicted octanol–water partition coefficient (Wildman–Crippen LogP) is 4.09. The predicted molar refractivity (Wildman–Crippen MR) is 79.6 cm³/mol. The Bertz CT molecular complexity index is 464. The fourth-order valence-corrected chi connectivity index (χ4v) is 2.27. The molecule has 1 aromatic carbocycles. The van der Waals surface area contributed by atoms with Crippen LogP contribution in [0.2, 0.25) is 5.02 Å². The zero-order valence-corrected chi connectivity index (χ0v) is 12.0. The summed E-state index contributed by atoms with van der Waals surface area (Å²) in [6, 6.07) is 12.4. The van der Waals surface area contributed by atoms with Gasteiger partial charge in [-0.1, -0.05) is 30.7 Å². The van der Waals surface area contributed by atoms with Gasteiger partial charge in [0.05, 0.1) is 6.26 Å². The highest BCUT2D eigenvalue weighted by atomic mass is 35.5. The third-order valence-corrected chi connectivity index (χ3v) is 3.36. The maximum atomic E-state index is 5.92. The highest BCUT2D eigenvalue weighted by Crippen LogP contribution is 2.13. The van der Waals surface area contributed by atoms with Crippen molar-refractivity contribution in [2.45, 2.75) is 32.2 Å². The van der Waals surface area contributed by atoms with Crippen molar-refractivity contribution < 1.29 is 4.42 Å². The molecule has 0 saturated heterocycles. The van der Waals surface area contributed by atoms with E-state index in [1.807, 2.05) is 24.3 Å². The molecule has 102 valence electrons. The first-order valence-electron chi connectivity index (χ1n) is 6.78. The summed E-state index contributed by atoms with van der Waals surface area (Å²) in [6.07, 6.45) is 4.76. The first-order valence-corrected chi connectivity index (χ1v) is 7.16. The summed E-state index contributed by atoms with van der Waals surface area (Å²) in [6.45, 7) is 3.21. The van der Waals surface area contributed by atoms with Gasteiger partial charge in [-0.3, -0.25) is 0 Å². The van der Waals surface area contributed by atoms with E-state index in [9.17, 15) is 0 Å². The van der Waals surface area contributed by atoms with E-state index in [0.717, 1.165) is 36.6 Å². The molecule has 2 nitrogen and oxygen atoms in total. The van der Waals surface area contributed by atoms with Gasteiger partial charge in [0.2, 0.25) is 0 Å². The molecule has 19 heavy (non-hydrogen) atoms. The Morgan fingerprint density at radius 3 is 2.58 bits per heavy atom. The third-order valence-electron chi connectivity index (χ3n) is 3.11. The summed E-state index contributed by atoms with van der Waals surface area (Å²) in [7, 11) is 0. The summed E-state index contributed by atoms with van der Waals surface area (Å²) in [5, 5.41) is 4.36. The standard InChI is InChI=1S/C16H20ClNO/c1-2-9-18-15(12-16-4-3-10-19-16)11-13-5-7-14(17)8-6-13/h3-8,10,15,18H,2,9,11-12H2,1H3. The molecular weight excluding hydrogens is 258 g/mol. The summed E-state index contributed by atoms with van der Waals surface area (Å²) in [4.78, 5) is 0. The molecule has 0 aliphatic carbocycles. The van der Waals surface area contributed by atoms with Crippen LogP contribution in [0.5, 0.6) is 0 Å². The second-order valence-corrected chi connectivity index (χ2v) is 5.20. The lowest BCUT2D eigenvalue weighted by atomic mass is 10.0. The Balaban J connectivity index is 1.98. The van der Waals surface area contributed by atoms with Gasteiger partial charge in [-0.15, -0.1) is 0 Å². The van der Waals surface area contributed by atoms with E-state index in [2.05, 4.69) is 24.4 Å². The van der Waals surface area contributed by atoms with Crippen molar-refractivity contribution in [2.75, 3.05) is 6.54 Å². The fraction of sp³-hybridized carbons (Fsp3) is 0.375. The second-order valence-electron chi connectivity index (χ2n) is 4.77. The zero-order chi connectivity index (χ0) is 13.5. The van der Waals surface area contributed by atoms with Crippen LogP contribution in [0.4, 0.5) is 0 Å². The monoisotopic (exact) mass is 277 g/mol. The van der Waals surface area contributed by atoms with Crippen LogP contribution in [-0.4, -0.2) is 12.6 Å². The molecule has 2 rings (SSSR count). The fourth-order valence-electron chi connectivity index (χ4n) is 2.14. The topological polar surface area (TPSA) is 25.2 Å². The van der Waals surface area contributed by atoms with E-state index < -0.39 is 0 Å². The van der Waals surface area contributed by atoms with Gasteiger partial charge < -0.3 is 9.73 Å².